The minimum absolute atomic E-state index is 0.137. The second-order valence-electron chi connectivity index (χ2n) is 4.35. The number of carbonyl (C=O) groups is 1. The van der Waals surface area contributed by atoms with Gasteiger partial charge in [0, 0.05) is 17.8 Å². The zero-order valence-electron chi connectivity index (χ0n) is 10.7. The van der Waals surface area contributed by atoms with Gasteiger partial charge in [-0.2, -0.15) is 0 Å². The fourth-order valence-electron chi connectivity index (χ4n) is 1.74. The van der Waals surface area contributed by atoms with Crippen LogP contribution in [-0.4, -0.2) is 11.0 Å². The van der Waals surface area contributed by atoms with Crippen molar-refractivity contribution in [2.75, 3.05) is 5.32 Å². The Morgan fingerprint density at radius 1 is 1.21 bits per heavy atom. The van der Waals surface area contributed by atoms with E-state index in [1.165, 1.54) is 12.1 Å². The molecule has 0 aliphatic rings. The standard InChI is InChI=1S/C15H16N2O2/c1-10-2-3-11(9-16)8-14(10)17-15(19)12-4-6-13(18)7-5-12/h2-8,18H,9,16H2,1H3,(H,17,19). The van der Waals surface area contributed by atoms with Gasteiger partial charge in [-0.05, 0) is 48.4 Å². The van der Waals surface area contributed by atoms with Gasteiger partial charge in [0.1, 0.15) is 5.75 Å². The van der Waals surface area contributed by atoms with Gasteiger partial charge in [0.15, 0.2) is 0 Å². The number of rotatable bonds is 3. The van der Waals surface area contributed by atoms with E-state index in [4.69, 9.17) is 5.73 Å². The maximum atomic E-state index is 12.1. The molecule has 0 atom stereocenters. The molecule has 98 valence electrons. The van der Waals surface area contributed by atoms with E-state index in [-0.39, 0.29) is 11.7 Å². The predicted molar refractivity (Wildman–Crippen MR) is 75.1 cm³/mol. The molecule has 19 heavy (non-hydrogen) atoms. The Morgan fingerprint density at radius 3 is 2.53 bits per heavy atom. The molecule has 4 heteroatoms. The third-order valence-corrected chi connectivity index (χ3v) is 2.92. The number of amides is 1. The highest BCUT2D eigenvalue weighted by Gasteiger charge is 2.08. The Kier molecular flexibility index (Phi) is 3.82. The quantitative estimate of drug-likeness (QED) is 0.789. The summed E-state index contributed by atoms with van der Waals surface area (Å²) in [6, 6.07) is 11.9. The summed E-state index contributed by atoms with van der Waals surface area (Å²) >= 11 is 0. The summed E-state index contributed by atoms with van der Waals surface area (Å²) < 4.78 is 0. The van der Waals surface area contributed by atoms with Gasteiger partial charge in [0.2, 0.25) is 0 Å². The van der Waals surface area contributed by atoms with Crippen LogP contribution in [0.2, 0.25) is 0 Å². The minimum Gasteiger partial charge on any atom is -0.508 e. The zero-order valence-corrected chi connectivity index (χ0v) is 10.7. The highest BCUT2D eigenvalue weighted by atomic mass is 16.3. The van der Waals surface area contributed by atoms with E-state index in [2.05, 4.69) is 5.32 Å². The minimum atomic E-state index is -0.211. The fourth-order valence-corrected chi connectivity index (χ4v) is 1.74. The van der Waals surface area contributed by atoms with Crippen LogP contribution in [0.25, 0.3) is 0 Å². The predicted octanol–water partition coefficient (Wildman–Crippen LogP) is 2.41. The molecule has 0 unspecified atom stereocenters. The molecular weight excluding hydrogens is 240 g/mol. The molecule has 0 aliphatic heterocycles. The topological polar surface area (TPSA) is 75.3 Å². The van der Waals surface area contributed by atoms with Crippen LogP contribution in [0.15, 0.2) is 42.5 Å². The third kappa shape index (κ3) is 3.11. The first kappa shape index (κ1) is 13.1. The maximum absolute atomic E-state index is 12.1. The van der Waals surface area contributed by atoms with E-state index in [1.807, 2.05) is 25.1 Å². The van der Waals surface area contributed by atoms with Crippen molar-refractivity contribution in [1.29, 1.82) is 0 Å². The largest absolute Gasteiger partial charge is 0.508 e. The number of hydrogen-bond acceptors (Lipinski definition) is 3. The number of carbonyl (C=O) groups excluding carboxylic acids is 1. The molecule has 0 radical (unpaired) electrons. The number of anilines is 1. The number of aryl methyl sites for hydroxylation is 1. The van der Waals surface area contributed by atoms with Crippen molar-refractivity contribution < 1.29 is 9.90 Å². The molecule has 2 aromatic carbocycles. The van der Waals surface area contributed by atoms with Crippen molar-refractivity contribution in [2.24, 2.45) is 5.73 Å². The first-order valence-electron chi connectivity index (χ1n) is 6.00. The van der Waals surface area contributed by atoms with Crippen LogP contribution >= 0.6 is 0 Å². The number of nitrogens with one attached hydrogen (secondary N) is 1. The lowest BCUT2D eigenvalue weighted by molar-refractivity contribution is 0.102. The molecule has 4 nitrogen and oxygen atoms in total. The SMILES string of the molecule is Cc1ccc(CN)cc1NC(=O)c1ccc(O)cc1. The number of phenols is 1. The van der Waals surface area contributed by atoms with Crippen molar-refractivity contribution >= 4 is 11.6 Å². The monoisotopic (exact) mass is 256 g/mol. The van der Waals surface area contributed by atoms with Gasteiger partial charge >= 0.3 is 0 Å². The highest BCUT2D eigenvalue weighted by Crippen LogP contribution is 2.18. The van der Waals surface area contributed by atoms with Gasteiger partial charge in [-0.15, -0.1) is 0 Å². The average Bonchev–Trinajstić information content (AvgIpc) is 2.42. The van der Waals surface area contributed by atoms with E-state index >= 15 is 0 Å². The normalized spacial score (nSPS) is 10.2. The Labute approximate surface area is 111 Å². The van der Waals surface area contributed by atoms with Crippen LogP contribution in [0.1, 0.15) is 21.5 Å². The summed E-state index contributed by atoms with van der Waals surface area (Å²) in [6.45, 7) is 2.36. The number of hydrogen-bond donors (Lipinski definition) is 3. The molecular formula is C15H16N2O2. The first-order chi connectivity index (χ1) is 9.10. The Bertz CT molecular complexity index is 592. The van der Waals surface area contributed by atoms with Crippen LogP contribution < -0.4 is 11.1 Å². The molecule has 0 heterocycles. The van der Waals surface area contributed by atoms with Crippen molar-refractivity contribution in [2.45, 2.75) is 13.5 Å². The molecule has 0 saturated carbocycles. The van der Waals surface area contributed by atoms with Crippen molar-refractivity contribution in [1.82, 2.24) is 0 Å². The summed E-state index contributed by atoms with van der Waals surface area (Å²) in [7, 11) is 0. The highest BCUT2D eigenvalue weighted by molar-refractivity contribution is 6.04. The number of aromatic hydroxyl groups is 1. The summed E-state index contributed by atoms with van der Waals surface area (Å²) in [6.07, 6.45) is 0. The summed E-state index contributed by atoms with van der Waals surface area (Å²) in [5.74, 6) is -0.0740. The van der Waals surface area contributed by atoms with Crippen LogP contribution in [0.4, 0.5) is 5.69 Å². The van der Waals surface area contributed by atoms with Gasteiger partial charge in [-0.1, -0.05) is 12.1 Å². The van der Waals surface area contributed by atoms with Gasteiger partial charge in [0.05, 0.1) is 0 Å². The molecule has 1 amide bonds. The van der Waals surface area contributed by atoms with E-state index in [0.717, 1.165) is 16.8 Å². The van der Waals surface area contributed by atoms with Gasteiger partial charge < -0.3 is 16.2 Å². The third-order valence-electron chi connectivity index (χ3n) is 2.92. The average molecular weight is 256 g/mol. The summed E-state index contributed by atoms with van der Waals surface area (Å²) in [5, 5.41) is 12.0. The zero-order chi connectivity index (χ0) is 13.8. The molecule has 2 rings (SSSR count). The Hall–Kier alpha value is -2.33. The second-order valence-corrected chi connectivity index (χ2v) is 4.35. The van der Waals surface area contributed by atoms with Crippen molar-refractivity contribution in [3.63, 3.8) is 0 Å². The number of benzene rings is 2. The summed E-state index contributed by atoms with van der Waals surface area (Å²) in [5.41, 5.74) is 8.77. The van der Waals surface area contributed by atoms with Crippen LogP contribution in [0.3, 0.4) is 0 Å². The van der Waals surface area contributed by atoms with Crippen LogP contribution in [0.5, 0.6) is 5.75 Å². The molecule has 0 spiro atoms. The van der Waals surface area contributed by atoms with E-state index in [0.29, 0.717) is 12.1 Å². The number of nitrogens with two attached hydrogens (primary N) is 1. The van der Waals surface area contributed by atoms with Gasteiger partial charge in [-0.25, -0.2) is 0 Å². The lowest BCUT2D eigenvalue weighted by Gasteiger charge is -2.10. The molecule has 0 aromatic heterocycles. The van der Waals surface area contributed by atoms with Crippen LogP contribution in [0, 0.1) is 6.92 Å². The maximum Gasteiger partial charge on any atom is 0.255 e. The Morgan fingerprint density at radius 2 is 1.89 bits per heavy atom. The fraction of sp³-hybridized carbons (Fsp3) is 0.133. The first-order valence-corrected chi connectivity index (χ1v) is 6.00. The van der Waals surface area contributed by atoms with Crippen LogP contribution in [-0.2, 0) is 6.54 Å². The summed E-state index contributed by atoms with van der Waals surface area (Å²) in [4.78, 5) is 12.1. The van der Waals surface area contributed by atoms with E-state index < -0.39 is 0 Å². The van der Waals surface area contributed by atoms with Crippen molar-refractivity contribution in [3.8, 4) is 5.75 Å². The molecule has 0 saturated heterocycles. The van der Waals surface area contributed by atoms with E-state index in [9.17, 15) is 9.90 Å². The van der Waals surface area contributed by atoms with Crippen molar-refractivity contribution in [3.05, 3.63) is 59.2 Å². The molecule has 4 N–H and O–H groups in total. The number of phenolic OH excluding ortho intramolecular Hbond substituents is 1. The second kappa shape index (κ2) is 5.54. The van der Waals surface area contributed by atoms with Gasteiger partial charge in [0.25, 0.3) is 5.91 Å². The lowest BCUT2D eigenvalue weighted by atomic mass is 10.1. The van der Waals surface area contributed by atoms with E-state index in [1.54, 1.807) is 12.1 Å². The lowest BCUT2D eigenvalue weighted by Crippen LogP contribution is -2.13. The molecule has 0 fully saturated rings. The van der Waals surface area contributed by atoms with Gasteiger partial charge in [-0.3, -0.25) is 4.79 Å². The molecule has 0 aliphatic carbocycles. The Balaban J connectivity index is 2.21. The molecule has 0 bridgehead atoms. The molecule has 2 aromatic rings. The smallest absolute Gasteiger partial charge is 0.255 e.